The van der Waals surface area contributed by atoms with Crippen LogP contribution < -0.4 is 0 Å². The monoisotopic (exact) mass is 239 g/mol. The van der Waals surface area contributed by atoms with Gasteiger partial charge >= 0.3 is 5.97 Å². The number of likely N-dealkylation sites (tertiary alicyclic amines) is 1. The van der Waals surface area contributed by atoms with Gasteiger partial charge in [0.05, 0.1) is 12.5 Å². The van der Waals surface area contributed by atoms with Crippen molar-refractivity contribution in [3.05, 3.63) is 0 Å². The second-order valence-electron chi connectivity index (χ2n) is 5.38. The molecule has 1 saturated heterocycles. The van der Waals surface area contributed by atoms with Gasteiger partial charge in [0.1, 0.15) is 0 Å². The molecule has 1 aliphatic carbocycles. The molecular weight excluding hydrogens is 214 g/mol. The average Bonchev–Trinajstić information content (AvgIpc) is 2.40. The standard InChI is InChI=1S/C14H25NO2/c1-2-17-14(16)12-7-6-10-15(11-12)13-8-4-3-5-9-13/h12-13H,2-11H2,1H3/t12-/m0/s1. The Labute approximate surface area is 105 Å². The molecule has 17 heavy (non-hydrogen) atoms. The summed E-state index contributed by atoms with van der Waals surface area (Å²) in [4.78, 5) is 14.3. The first-order valence-electron chi connectivity index (χ1n) is 7.22. The molecular formula is C14H25NO2. The van der Waals surface area contributed by atoms with Crippen LogP contribution in [0.3, 0.4) is 0 Å². The highest BCUT2D eigenvalue weighted by Crippen LogP contribution is 2.27. The highest BCUT2D eigenvalue weighted by Gasteiger charge is 2.30. The summed E-state index contributed by atoms with van der Waals surface area (Å²) in [6.07, 6.45) is 8.95. The molecule has 3 nitrogen and oxygen atoms in total. The van der Waals surface area contributed by atoms with Gasteiger partial charge in [-0.05, 0) is 39.2 Å². The van der Waals surface area contributed by atoms with Crippen LogP contribution >= 0.6 is 0 Å². The Kier molecular flexibility index (Phi) is 4.84. The van der Waals surface area contributed by atoms with Crippen molar-refractivity contribution in [3.63, 3.8) is 0 Å². The molecule has 2 aliphatic rings. The van der Waals surface area contributed by atoms with E-state index < -0.39 is 0 Å². The molecule has 2 rings (SSSR count). The van der Waals surface area contributed by atoms with Crippen LogP contribution in [-0.4, -0.2) is 36.6 Å². The minimum Gasteiger partial charge on any atom is -0.466 e. The fourth-order valence-corrected chi connectivity index (χ4v) is 3.24. The van der Waals surface area contributed by atoms with E-state index in [2.05, 4.69) is 4.90 Å². The lowest BCUT2D eigenvalue weighted by atomic mass is 9.90. The number of carbonyl (C=O) groups excluding carboxylic acids is 1. The molecule has 98 valence electrons. The maximum absolute atomic E-state index is 11.8. The third kappa shape index (κ3) is 3.44. The molecule has 1 heterocycles. The summed E-state index contributed by atoms with van der Waals surface area (Å²) in [5, 5.41) is 0. The minimum atomic E-state index is 0.0213. The van der Waals surface area contributed by atoms with Gasteiger partial charge in [0.25, 0.3) is 0 Å². The number of rotatable bonds is 3. The third-order valence-corrected chi connectivity index (χ3v) is 4.16. The first kappa shape index (κ1) is 12.9. The zero-order chi connectivity index (χ0) is 12.1. The van der Waals surface area contributed by atoms with E-state index in [1.807, 2.05) is 6.92 Å². The fraction of sp³-hybridized carbons (Fsp3) is 0.929. The van der Waals surface area contributed by atoms with Gasteiger partial charge in [-0.15, -0.1) is 0 Å². The van der Waals surface area contributed by atoms with E-state index >= 15 is 0 Å². The van der Waals surface area contributed by atoms with Gasteiger partial charge in [0.2, 0.25) is 0 Å². The van der Waals surface area contributed by atoms with E-state index in [-0.39, 0.29) is 11.9 Å². The summed E-state index contributed by atoms with van der Waals surface area (Å²) in [6.45, 7) is 4.52. The Balaban J connectivity index is 1.85. The summed E-state index contributed by atoms with van der Waals surface area (Å²) in [5.41, 5.74) is 0. The predicted molar refractivity (Wildman–Crippen MR) is 67.8 cm³/mol. The summed E-state index contributed by atoms with van der Waals surface area (Å²) in [6, 6.07) is 0.737. The number of esters is 1. The van der Waals surface area contributed by atoms with Crippen LogP contribution in [0.15, 0.2) is 0 Å². The Bertz CT molecular complexity index is 249. The lowest BCUT2D eigenvalue weighted by Crippen LogP contribution is -2.45. The van der Waals surface area contributed by atoms with Crippen molar-refractivity contribution >= 4 is 5.97 Å². The maximum atomic E-state index is 11.8. The average molecular weight is 239 g/mol. The predicted octanol–water partition coefficient (Wildman–Crippen LogP) is 2.59. The van der Waals surface area contributed by atoms with Crippen molar-refractivity contribution in [2.45, 2.75) is 57.9 Å². The van der Waals surface area contributed by atoms with Gasteiger partial charge in [-0.25, -0.2) is 0 Å². The smallest absolute Gasteiger partial charge is 0.310 e. The van der Waals surface area contributed by atoms with E-state index in [1.54, 1.807) is 0 Å². The molecule has 0 unspecified atom stereocenters. The molecule has 1 aliphatic heterocycles. The molecule has 3 heteroatoms. The van der Waals surface area contributed by atoms with Crippen molar-refractivity contribution in [1.29, 1.82) is 0 Å². The second kappa shape index (κ2) is 6.39. The molecule has 0 radical (unpaired) electrons. The number of carbonyl (C=O) groups is 1. The van der Waals surface area contributed by atoms with Crippen LogP contribution in [-0.2, 0) is 9.53 Å². The minimum absolute atomic E-state index is 0.0213. The molecule has 1 atom stereocenters. The van der Waals surface area contributed by atoms with Gasteiger partial charge in [0, 0.05) is 12.6 Å². The lowest BCUT2D eigenvalue weighted by Gasteiger charge is -2.39. The molecule has 0 N–H and O–H groups in total. The third-order valence-electron chi connectivity index (χ3n) is 4.16. The number of piperidine rings is 1. The summed E-state index contributed by atoms with van der Waals surface area (Å²) < 4.78 is 5.15. The van der Waals surface area contributed by atoms with Crippen molar-refractivity contribution in [2.75, 3.05) is 19.7 Å². The van der Waals surface area contributed by atoms with Crippen LogP contribution in [0.5, 0.6) is 0 Å². The largest absolute Gasteiger partial charge is 0.466 e. The number of hydrogen-bond acceptors (Lipinski definition) is 3. The Morgan fingerprint density at radius 2 is 1.94 bits per heavy atom. The lowest BCUT2D eigenvalue weighted by molar-refractivity contribution is -0.150. The Morgan fingerprint density at radius 1 is 1.18 bits per heavy atom. The van der Waals surface area contributed by atoms with Crippen LogP contribution in [0.1, 0.15) is 51.9 Å². The summed E-state index contributed by atoms with van der Waals surface area (Å²) in [7, 11) is 0. The molecule has 0 aromatic heterocycles. The molecule has 0 amide bonds. The summed E-state index contributed by atoms with van der Waals surface area (Å²) in [5.74, 6) is 0.152. The van der Waals surface area contributed by atoms with Crippen LogP contribution in [0.2, 0.25) is 0 Å². The molecule has 0 bridgehead atoms. The van der Waals surface area contributed by atoms with Gasteiger partial charge in [-0.3, -0.25) is 9.69 Å². The van der Waals surface area contributed by atoms with Crippen LogP contribution in [0.25, 0.3) is 0 Å². The van der Waals surface area contributed by atoms with E-state index in [0.29, 0.717) is 6.61 Å². The van der Waals surface area contributed by atoms with E-state index in [9.17, 15) is 4.79 Å². The van der Waals surface area contributed by atoms with Crippen molar-refractivity contribution in [2.24, 2.45) is 5.92 Å². The first-order chi connectivity index (χ1) is 8.31. The maximum Gasteiger partial charge on any atom is 0.310 e. The topological polar surface area (TPSA) is 29.5 Å². The highest BCUT2D eigenvalue weighted by molar-refractivity contribution is 5.72. The molecule has 0 aromatic rings. The van der Waals surface area contributed by atoms with Crippen molar-refractivity contribution < 1.29 is 9.53 Å². The summed E-state index contributed by atoms with van der Waals surface area (Å²) >= 11 is 0. The molecule has 2 fully saturated rings. The fourth-order valence-electron chi connectivity index (χ4n) is 3.24. The molecule has 1 saturated carbocycles. The van der Waals surface area contributed by atoms with Gasteiger partial charge in [0.15, 0.2) is 0 Å². The number of nitrogens with zero attached hydrogens (tertiary/aromatic N) is 1. The quantitative estimate of drug-likeness (QED) is 0.709. The number of ether oxygens (including phenoxy) is 1. The van der Waals surface area contributed by atoms with E-state index in [4.69, 9.17) is 4.74 Å². The van der Waals surface area contributed by atoms with Crippen LogP contribution in [0.4, 0.5) is 0 Å². The Morgan fingerprint density at radius 3 is 2.65 bits per heavy atom. The molecule has 0 aromatic carbocycles. The van der Waals surface area contributed by atoms with Crippen LogP contribution in [0, 0.1) is 5.92 Å². The first-order valence-corrected chi connectivity index (χ1v) is 7.22. The normalized spacial score (nSPS) is 27.9. The SMILES string of the molecule is CCOC(=O)[C@H]1CCCN(C2CCCCC2)C1. The van der Waals surface area contributed by atoms with Crippen molar-refractivity contribution in [3.8, 4) is 0 Å². The van der Waals surface area contributed by atoms with Gasteiger partial charge in [-0.1, -0.05) is 19.3 Å². The Hall–Kier alpha value is -0.570. The zero-order valence-electron chi connectivity index (χ0n) is 11.0. The highest BCUT2D eigenvalue weighted by atomic mass is 16.5. The van der Waals surface area contributed by atoms with E-state index in [0.717, 1.165) is 25.4 Å². The second-order valence-corrected chi connectivity index (χ2v) is 5.38. The zero-order valence-corrected chi connectivity index (χ0v) is 11.0. The molecule has 0 spiro atoms. The van der Waals surface area contributed by atoms with Gasteiger partial charge in [-0.2, -0.15) is 0 Å². The van der Waals surface area contributed by atoms with Gasteiger partial charge < -0.3 is 4.74 Å². The van der Waals surface area contributed by atoms with E-state index in [1.165, 1.54) is 38.6 Å². The number of hydrogen-bond donors (Lipinski definition) is 0. The van der Waals surface area contributed by atoms with Crippen molar-refractivity contribution in [1.82, 2.24) is 4.90 Å².